The van der Waals surface area contributed by atoms with Crippen molar-refractivity contribution in [3.63, 3.8) is 0 Å². The maximum Gasteiger partial charge on any atom is 0.410 e. The number of nitrogens with zero attached hydrogens (tertiary/aromatic N) is 3. The molecule has 6 nitrogen and oxygen atoms in total. The fraction of sp³-hybridized carbons (Fsp3) is 0.409. The highest BCUT2D eigenvalue weighted by molar-refractivity contribution is 5.69. The predicted octanol–water partition coefficient (Wildman–Crippen LogP) is 4.43. The predicted molar refractivity (Wildman–Crippen MR) is 109 cm³/mol. The molecule has 0 spiro atoms. The monoisotopic (exact) mass is 381 g/mol. The number of likely N-dealkylation sites (tertiary alicyclic amines) is 1. The second-order valence-electron chi connectivity index (χ2n) is 7.85. The van der Waals surface area contributed by atoms with Crippen LogP contribution in [0.1, 0.15) is 44.7 Å². The van der Waals surface area contributed by atoms with E-state index in [2.05, 4.69) is 9.97 Å². The maximum atomic E-state index is 12.4. The van der Waals surface area contributed by atoms with E-state index in [9.17, 15) is 4.79 Å². The Morgan fingerprint density at radius 2 is 1.93 bits per heavy atom. The van der Waals surface area contributed by atoms with E-state index in [0.717, 1.165) is 24.0 Å². The van der Waals surface area contributed by atoms with Gasteiger partial charge in [0, 0.05) is 25.1 Å². The van der Waals surface area contributed by atoms with E-state index in [1.165, 1.54) is 0 Å². The number of rotatable bonds is 5. The number of hydrogen-bond donors (Lipinski definition) is 0. The molecule has 1 aliphatic heterocycles. The molecular weight excluding hydrogens is 354 g/mol. The Balaban J connectivity index is 1.58. The average Bonchev–Trinajstić information content (AvgIpc) is 3.13. The van der Waals surface area contributed by atoms with Crippen LogP contribution in [0.5, 0.6) is 5.75 Å². The standard InChI is InChI=1S/C22H27N3O3/c1-22(2,3)28-21(26)25-12-4-5-19(25)16-27-20-13-18(14-24-15-20)7-6-17-8-10-23-11-9-17/h6-11,13-15,19H,4-5,12,16H2,1-3H3/t19-/m1/s1. The maximum absolute atomic E-state index is 12.4. The van der Waals surface area contributed by atoms with Crippen molar-refractivity contribution in [1.29, 1.82) is 0 Å². The third-order valence-electron chi connectivity index (χ3n) is 4.36. The lowest BCUT2D eigenvalue weighted by Gasteiger charge is -2.28. The number of pyridine rings is 2. The SMILES string of the molecule is CC(C)(C)OC(=O)N1CCC[C@@H]1COc1cncc(C=Cc2ccncc2)c1. The third kappa shape index (κ3) is 5.81. The van der Waals surface area contributed by atoms with E-state index in [1.54, 1.807) is 29.7 Å². The van der Waals surface area contributed by atoms with Gasteiger partial charge in [-0.05, 0) is 62.9 Å². The molecule has 3 heterocycles. The molecule has 28 heavy (non-hydrogen) atoms. The summed E-state index contributed by atoms with van der Waals surface area (Å²) in [4.78, 5) is 22.4. The minimum Gasteiger partial charge on any atom is -0.490 e. The van der Waals surface area contributed by atoms with E-state index < -0.39 is 5.60 Å². The highest BCUT2D eigenvalue weighted by Crippen LogP contribution is 2.22. The lowest BCUT2D eigenvalue weighted by molar-refractivity contribution is 0.0187. The highest BCUT2D eigenvalue weighted by atomic mass is 16.6. The van der Waals surface area contributed by atoms with Gasteiger partial charge in [0.05, 0.1) is 12.2 Å². The van der Waals surface area contributed by atoms with Crippen molar-refractivity contribution in [2.24, 2.45) is 0 Å². The Bertz CT molecular complexity index is 815. The van der Waals surface area contributed by atoms with Crippen LogP contribution in [0.15, 0.2) is 43.0 Å². The Hall–Kier alpha value is -2.89. The molecule has 0 unspecified atom stereocenters. The molecule has 0 aromatic carbocycles. The largest absolute Gasteiger partial charge is 0.490 e. The topological polar surface area (TPSA) is 64.5 Å². The number of amides is 1. The van der Waals surface area contributed by atoms with Gasteiger partial charge in [-0.25, -0.2) is 4.79 Å². The molecule has 0 N–H and O–H groups in total. The van der Waals surface area contributed by atoms with Crippen LogP contribution in [0.25, 0.3) is 12.2 Å². The van der Waals surface area contributed by atoms with Crippen molar-refractivity contribution >= 4 is 18.2 Å². The van der Waals surface area contributed by atoms with E-state index in [1.807, 2.05) is 51.1 Å². The molecule has 0 bridgehead atoms. The first-order valence-electron chi connectivity index (χ1n) is 9.56. The number of hydrogen-bond acceptors (Lipinski definition) is 5. The summed E-state index contributed by atoms with van der Waals surface area (Å²) in [5.74, 6) is 0.688. The van der Waals surface area contributed by atoms with Crippen LogP contribution in [0.3, 0.4) is 0 Å². The van der Waals surface area contributed by atoms with E-state index in [0.29, 0.717) is 18.9 Å². The minimum atomic E-state index is -0.496. The lowest BCUT2D eigenvalue weighted by Crippen LogP contribution is -2.42. The number of carbonyl (C=O) groups excluding carboxylic acids is 1. The molecule has 6 heteroatoms. The molecule has 148 valence electrons. The second kappa shape index (κ2) is 8.87. The molecule has 2 aromatic rings. The first-order chi connectivity index (χ1) is 13.4. The highest BCUT2D eigenvalue weighted by Gasteiger charge is 2.32. The van der Waals surface area contributed by atoms with Gasteiger partial charge in [-0.15, -0.1) is 0 Å². The molecule has 0 saturated carbocycles. The van der Waals surface area contributed by atoms with Gasteiger partial charge < -0.3 is 14.4 Å². The van der Waals surface area contributed by atoms with Gasteiger partial charge in [-0.2, -0.15) is 0 Å². The first-order valence-corrected chi connectivity index (χ1v) is 9.56. The van der Waals surface area contributed by atoms with Crippen molar-refractivity contribution in [2.75, 3.05) is 13.2 Å². The lowest BCUT2D eigenvalue weighted by atomic mass is 10.2. The Morgan fingerprint density at radius 3 is 2.68 bits per heavy atom. The zero-order valence-electron chi connectivity index (χ0n) is 16.7. The second-order valence-corrected chi connectivity index (χ2v) is 7.85. The third-order valence-corrected chi connectivity index (χ3v) is 4.36. The van der Waals surface area contributed by atoms with Crippen molar-refractivity contribution < 1.29 is 14.3 Å². The molecule has 0 aliphatic carbocycles. The van der Waals surface area contributed by atoms with Crippen molar-refractivity contribution in [1.82, 2.24) is 14.9 Å². The quantitative estimate of drug-likeness (QED) is 0.767. The first kappa shape index (κ1) is 19.9. The summed E-state index contributed by atoms with van der Waals surface area (Å²) in [5.41, 5.74) is 1.52. The summed E-state index contributed by atoms with van der Waals surface area (Å²) in [5, 5.41) is 0. The molecule has 3 rings (SSSR count). The number of ether oxygens (including phenoxy) is 2. The van der Waals surface area contributed by atoms with Crippen molar-refractivity contribution in [3.8, 4) is 5.75 Å². The van der Waals surface area contributed by atoms with E-state index in [-0.39, 0.29) is 12.1 Å². The number of aromatic nitrogens is 2. The Morgan fingerprint density at radius 1 is 1.18 bits per heavy atom. The summed E-state index contributed by atoms with van der Waals surface area (Å²) in [6.45, 7) is 6.77. The van der Waals surface area contributed by atoms with Crippen molar-refractivity contribution in [3.05, 3.63) is 54.1 Å². The van der Waals surface area contributed by atoms with Crippen LogP contribution in [0.4, 0.5) is 4.79 Å². The fourth-order valence-electron chi connectivity index (χ4n) is 3.03. The molecule has 2 aromatic heterocycles. The van der Waals surface area contributed by atoms with Crippen LogP contribution in [-0.4, -0.2) is 45.8 Å². The van der Waals surface area contributed by atoms with Gasteiger partial charge in [0.15, 0.2) is 0 Å². The van der Waals surface area contributed by atoms with E-state index >= 15 is 0 Å². The number of carbonyl (C=O) groups is 1. The normalized spacial score (nSPS) is 17.1. The van der Waals surface area contributed by atoms with Crippen molar-refractivity contribution in [2.45, 2.75) is 45.3 Å². The molecule has 1 fully saturated rings. The Labute approximate surface area is 166 Å². The van der Waals surface area contributed by atoms with Gasteiger partial charge in [0.2, 0.25) is 0 Å². The van der Waals surface area contributed by atoms with Crippen LogP contribution in [0.2, 0.25) is 0 Å². The van der Waals surface area contributed by atoms with Gasteiger partial charge in [-0.1, -0.05) is 12.2 Å². The average molecular weight is 381 g/mol. The summed E-state index contributed by atoms with van der Waals surface area (Å²) in [6.07, 6.45) is 12.6. The summed E-state index contributed by atoms with van der Waals surface area (Å²) in [6, 6.07) is 5.84. The van der Waals surface area contributed by atoms with Gasteiger partial charge >= 0.3 is 6.09 Å². The molecule has 1 atom stereocenters. The molecule has 1 saturated heterocycles. The van der Waals surface area contributed by atoms with Gasteiger partial charge in [-0.3, -0.25) is 9.97 Å². The van der Waals surface area contributed by atoms with Crippen LogP contribution < -0.4 is 4.74 Å². The Kier molecular flexibility index (Phi) is 6.29. The molecular formula is C22H27N3O3. The van der Waals surface area contributed by atoms with Crippen LogP contribution >= 0.6 is 0 Å². The van der Waals surface area contributed by atoms with Crippen LogP contribution in [-0.2, 0) is 4.74 Å². The molecule has 0 radical (unpaired) electrons. The summed E-state index contributed by atoms with van der Waals surface area (Å²) < 4.78 is 11.4. The fourth-order valence-corrected chi connectivity index (χ4v) is 3.03. The van der Waals surface area contributed by atoms with E-state index in [4.69, 9.17) is 9.47 Å². The van der Waals surface area contributed by atoms with Crippen LogP contribution in [0, 0.1) is 0 Å². The zero-order chi connectivity index (χ0) is 20.0. The summed E-state index contributed by atoms with van der Waals surface area (Å²) in [7, 11) is 0. The zero-order valence-corrected chi connectivity index (χ0v) is 16.7. The molecule has 1 amide bonds. The summed E-state index contributed by atoms with van der Waals surface area (Å²) >= 11 is 0. The van der Waals surface area contributed by atoms with Gasteiger partial charge in [0.25, 0.3) is 0 Å². The van der Waals surface area contributed by atoms with Gasteiger partial charge in [0.1, 0.15) is 18.0 Å². The molecule has 1 aliphatic rings. The smallest absolute Gasteiger partial charge is 0.410 e. The minimum absolute atomic E-state index is 0.0193.